The first-order valence-corrected chi connectivity index (χ1v) is 6.95. The number of nitrogens with one attached hydrogen (secondary N) is 2. The summed E-state index contributed by atoms with van der Waals surface area (Å²) in [4.78, 5) is 20.0. The third kappa shape index (κ3) is 2.43. The molecule has 2 heterocycles. The molecule has 0 bridgehead atoms. The molecule has 0 aromatic carbocycles. The number of rotatable bonds is 3. The fourth-order valence-electron chi connectivity index (χ4n) is 2.88. The minimum atomic E-state index is -0.234. The zero-order chi connectivity index (χ0) is 13.9. The van der Waals surface area contributed by atoms with Gasteiger partial charge in [-0.3, -0.25) is 9.89 Å². The zero-order valence-corrected chi connectivity index (χ0v) is 11.2. The summed E-state index contributed by atoms with van der Waals surface area (Å²) in [6, 6.07) is 0.0306. The van der Waals surface area contributed by atoms with E-state index in [-0.39, 0.29) is 17.9 Å². The lowest BCUT2D eigenvalue weighted by molar-refractivity contribution is -0.122. The van der Waals surface area contributed by atoms with Gasteiger partial charge < -0.3 is 11.1 Å². The number of H-pyrrole nitrogens is 1. The Bertz CT molecular complexity index is 610. The van der Waals surface area contributed by atoms with Gasteiger partial charge in [0.25, 0.3) is 0 Å². The average molecular weight is 274 g/mol. The van der Waals surface area contributed by atoms with Crippen molar-refractivity contribution in [3.8, 4) is 0 Å². The van der Waals surface area contributed by atoms with Crippen LogP contribution in [0.1, 0.15) is 32.1 Å². The van der Waals surface area contributed by atoms with Gasteiger partial charge in [0.15, 0.2) is 5.65 Å². The molecule has 2 atom stereocenters. The summed E-state index contributed by atoms with van der Waals surface area (Å²) in [5.41, 5.74) is 6.23. The van der Waals surface area contributed by atoms with Gasteiger partial charge in [-0.25, -0.2) is 9.97 Å². The van der Waals surface area contributed by atoms with E-state index in [1.807, 2.05) is 0 Å². The number of carbonyl (C=O) groups is 1. The molecule has 0 radical (unpaired) electrons. The first kappa shape index (κ1) is 12.8. The summed E-state index contributed by atoms with van der Waals surface area (Å²) in [7, 11) is 0. The number of hydrogen-bond acceptors (Lipinski definition) is 5. The highest BCUT2D eigenvalue weighted by molar-refractivity contribution is 5.86. The van der Waals surface area contributed by atoms with Gasteiger partial charge in [-0.1, -0.05) is 19.3 Å². The van der Waals surface area contributed by atoms with Crippen LogP contribution in [0.15, 0.2) is 12.5 Å². The monoisotopic (exact) mass is 274 g/mol. The van der Waals surface area contributed by atoms with Crippen LogP contribution >= 0.6 is 0 Å². The van der Waals surface area contributed by atoms with E-state index in [0.29, 0.717) is 11.5 Å². The van der Waals surface area contributed by atoms with E-state index in [4.69, 9.17) is 5.73 Å². The van der Waals surface area contributed by atoms with E-state index in [2.05, 4.69) is 25.5 Å². The number of hydrogen-bond donors (Lipinski definition) is 3. The number of amides is 1. The van der Waals surface area contributed by atoms with E-state index in [0.717, 1.165) is 37.5 Å². The Labute approximate surface area is 116 Å². The Kier molecular flexibility index (Phi) is 3.49. The van der Waals surface area contributed by atoms with Crippen LogP contribution in [0, 0.1) is 5.92 Å². The number of anilines is 1. The Morgan fingerprint density at radius 3 is 3.00 bits per heavy atom. The zero-order valence-electron chi connectivity index (χ0n) is 11.2. The molecule has 20 heavy (non-hydrogen) atoms. The van der Waals surface area contributed by atoms with E-state index in [9.17, 15) is 4.79 Å². The van der Waals surface area contributed by atoms with E-state index in [1.54, 1.807) is 6.20 Å². The standard InChI is InChI=1S/C13H18N6O/c14-11(20)8-4-2-1-3-5-10(8)18-12-9-6-17-19-13(9)16-7-15-12/h6-8,10H,1-5H2,(H2,14,20)(H2,15,16,17,18,19). The maximum absolute atomic E-state index is 11.7. The van der Waals surface area contributed by atoms with Gasteiger partial charge in [0.05, 0.1) is 17.5 Å². The van der Waals surface area contributed by atoms with E-state index < -0.39 is 0 Å². The van der Waals surface area contributed by atoms with Crippen LogP contribution in [0.3, 0.4) is 0 Å². The Balaban J connectivity index is 1.87. The number of primary amides is 1. The smallest absolute Gasteiger partial charge is 0.222 e. The van der Waals surface area contributed by atoms with Gasteiger partial charge in [0.1, 0.15) is 12.1 Å². The summed E-state index contributed by atoms with van der Waals surface area (Å²) in [5, 5.41) is 11.0. The summed E-state index contributed by atoms with van der Waals surface area (Å²) >= 11 is 0. The van der Waals surface area contributed by atoms with Crippen molar-refractivity contribution in [1.29, 1.82) is 0 Å². The van der Waals surface area contributed by atoms with Gasteiger partial charge >= 0.3 is 0 Å². The predicted octanol–water partition coefficient (Wildman–Crippen LogP) is 1.20. The predicted molar refractivity (Wildman–Crippen MR) is 74.9 cm³/mol. The summed E-state index contributed by atoms with van der Waals surface area (Å²) in [6.45, 7) is 0. The maximum Gasteiger partial charge on any atom is 0.222 e. The SMILES string of the molecule is NC(=O)C1CCCCCC1Nc1ncnc2[nH]ncc12. The molecule has 1 aliphatic carbocycles. The highest BCUT2D eigenvalue weighted by Crippen LogP contribution is 2.27. The number of nitrogens with two attached hydrogens (primary N) is 1. The molecule has 7 heteroatoms. The fraction of sp³-hybridized carbons (Fsp3) is 0.538. The van der Waals surface area contributed by atoms with Gasteiger partial charge in [-0.05, 0) is 12.8 Å². The largest absolute Gasteiger partial charge is 0.369 e. The van der Waals surface area contributed by atoms with E-state index in [1.165, 1.54) is 6.33 Å². The van der Waals surface area contributed by atoms with Crippen LogP contribution in [-0.2, 0) is 4.79 Å². The lowest BCUT2D eigenvalue weighted by Crippen LogP contribution is -2.37. The fourth-order valence-corrected chi connectivity index (χ4v) is 2.88. The third-order valence-corrected chi connectivity index (χ3v) is 3.95. The van der Waals surface area contributed by atoms with Gasteiger partial charge in [-0.15, -0.1) is 0 Å². The summed E-state index contributed by atoms with van der Waals surface area (Å²) in [5.74, 6) is 0.332. The first-order chi connectivity index (χ1) is 9.75. The molecule has 0 spiro atoms. The Morgan fingerprint density at radius 1 is 1.30 bits per heavy atom. The van der Waals surface area contributed by atoms with Crippen molar-refractivity contribution in [2.24, 2.45) is 11.7 Å². The van der Waals surface area contributed by atoms with Crippen LogP contribution in [0.2, 0.25) is 0 Å². The van der Waals surface area contributed by atoms with Crippen molar-refractivity contribution in [1.82, 2.24) is 20.2 Å². The quantitative estimate of drug-likeness (QED) is 0.728. The minimum Gasteiger partial charge on any atom is -0.369 e. The lowest BCUT2D eigenvalue weighted by atomic mass is 9.94. The van der Waals surface area contributed by atoms with Gasteiger partial charge in [0, 0.05) is 6.04 Å². The molecule has 7 nitrogen and oxygen atoms in total. The minimum absolute atomic E-state index is 0.0306. The summed E-state index contributed by atoms with van der Waals surface area (Å²) in [6.07, 6.45) is 8.24. The molecule has 106 valence electrons. The van der Waals surface area contributed by atoms with Crippen LogP contribution in [0.25, 0.3) is 11.0 Å². The van der Waals surface area contributed by atoms with Crippen LogP contribution < -0.4 is 11.1 Å². The summed E-state index contributed by atoms with van der Waals surface area (Å²) < 4.78 is 0. The highest BCUT2D eigenvalue weighted by atomic mass is 16.1. The molecule has 0 saturated heterocycles. The van der Waals surface area contributed by atoms with Crippen molar-refractivity contribution in [2.75, 3.05) is 5.32 Å². The maximum atomic E-state index is 11.7. The lowest BCUT2D eigenvalue weighted by Gasteiger charge is -2.24. The molecule has 1 amide bonds. The van der Waals surface area contributed by atoms with Crippen molar-refractivity contribution < 1.29 is 4.79 Å². The molecular formula is C13H18N6O. The number of aromatic nitrogens is 4. The van der Waals surface area contributed by atoms with Crippen molar-refractivity contribution in [3.63, 3.8) is 0 Å². The number of aromatic amines is 1. The molecule has 2 unspecified atom stereocenters. The number of carbonyl (C=O) groups excluding carboxylic acids is 1. The third-order valence-electron chi connectivity index (χ3n) is 3.95. The van der Waals surface area contributed by atoms with Crippen molar-refractivity contribution in [3.05, 3.63) is 12.5 Å². The molecular weight excluding hydrogens is 256 g/mol. The molecule has 2 aromatic rings. The van der Waals surface area contributed by atoms with Crippen LogP contribution in [-0.4, -0.2) is 32.1 Å². The molecule has 3 rings (SSSR count). The van der Waals surface area contributed by atoms with Gasteiger partial charge in [-0.2, -0.15) is 5.10 Å². The molecule has 4 N–H and O–H groups in total. The average Bonchev–Trinajstić information content (AvgIpc) is 2.79. The normalized spacial score (nSPS) is 23.4. The second-order valence-electron chi connectivity index (χ2n) is 5.25. The van der Waals surface area contributed by atoms with E-state index >= 15 is 0 Å². The van der Waals surface area contributed by atoms with Crippen molar-refractivity contribution in [2.45, 2.75) is 38.1 Å². The Morgan fingerprint density at radius 2 is 2.15 bits per heavy atom. The molecule has 1 aliphatic rings. The number of nitrogens with zero attached hydrogens (tertiary/aromatic N) is 3. The Hall–Kier alpha value is -2.18. The molecule has 1 saturated carbocycles. The molecule has 2 aromatic heterocycles. The molecule has 0 aliphatic heterocycles. The first-order valence-electron chi connectivity index (χ1n) is 6.95. The second kappa shape index (κ2) is 5.44. The highest BCUT2D eigenvalue weighted by Gasteiger charge is 2.28. The van der Waals surface area contributed by atoms with Crippen LogP contribution in [0.5, 0.6) is 0 Å². The van der Waals surface area contributed by atoms with Crippen LogP contribution in [0.4, 0.5) is 5.82 Å². The second-order valence-corrected chi connectivity index (χ2v) is 5.25. The topological polar surface area (TPSA) is 110 Å². The molecule has 1 fully saturated rings. The number of fused-ring (bicyclic) bond motifs is 1. The van der Waals surface area contributed by atoms with Crippen molar-refractivity contribution >= 4 is 22.8 Å². The van der Waals surface area contributed by atoms with Gasteiger partial charge in [0.2, 0.25) is 5.91 Å².